The number of ether oxygens (including phenoxy) is 6. The fourth-order valence-corrected chi connectivity index (χ4v) is 14.7. The number of benzene rings is 3. The van der Waals surface area contributed by atoms with Crippen LogP contribution >= 0.6 is 0 Å². The molecule has 7 heterocycles. The molecule has 0 aliphatic heterocycles. The van der Waals surface area contributed by atoms with Gasteiger partial charge in [-0.05, 0) is 180 Å². The molecule has 3 amide bonds. The van der Waals surface area contributed by atoms with Gasteiger partial charge in [0, 0.05) is 19.1 Å². The number of aromatic nitrogens is 12. The Hall–Kier alpha value is -11.8. The summed E-state index contributed by atoms with van der Waals surface area (Å²) in [4.78, 5) is 124. The number of hydrogen-bond donors (Lipinski definition) is 3. The zero-order valence-corrected chi connectivity index (χ0v) is 72.5. The second-order valence-electron chi connectivity index (χ2n) is 33.7. The lowest BCUT2D eigenvalue weighted by atomic mass is 9.84. The van der Waals surface area contributed by atoms with E-state index in [1.54, 1.807) is 53.1 Å². The summed E-state index contributed by atoms with van der Waals surface area (Å²) in [6, 6.07) is 30.8. The summed E-state index contributed by atoms with van der Waals surface area (Å²) in [6.07, 6.45) is 24.3. The van der Waals surface area contributed by atoms with E-state index in [1.807, 2.05) is 98.7 Å². The van der Waals surface area contributed by atoms with E-state index in [9.17, 15) is 28.8 Å². The quantitative estimate of drug-likeness (QED) is 0.0214. The molecule has 3 N–H and O–H groups in total. The smallest absolute Gasteiger partial charge is 0.417 e. The highest BCUT2D eigenvalue weighted by atomic mass is 16.6. The molecule has 0 spiro atoms. The summed E-state index contributed by atoms with van der Waals surface area (Å²) in [6.45, 7) is 26.1. The molecule has 3 aromatic carbocycles. The predicted molar refractivity (Wildman–Crippen MR) is 464 cm³/mol. The van der Waals surface area contributed by atoms with Crippen molar-refractivity contribution in [3.63, 3.8) is 0 Å². The molecule has 13 rings (SSSR count). The molecule has 0 bridgehead atoms. The van der Waals surface area contributed by atoms with Crippen LogP contribution in [0, 0.1) is 0 Å². The van der Waals surface area contributed by atoms with E-state index in [1.165, 1.54) is 103 Å². The van der Waals surface area contributed by atoms with E-state index >= 15 is 0 Å². The minimum Gasteiger partial charge on any atom is -0.467 e. The van der Waals surface area contributed by atoms with E-state index in [0.29, 0.717) is 94.8 Å². The summed E-state index contributed by atoms with van der Waals surface area (Å²) in [5, 5.41) is 10.1. The summed E-state index contributed by atoms with van der Waals surface area (Å²) >= 11 is 0. The molecule has 0 unspecified atom stereocenters. The lowest BCUT2D eigenvalue weighted by molar-refractivity contribution is -0.144. The number of carbonyl (C=O) groups is 6. The Morgan fingerprint density at radius 2 is 0.818 bits per heavy atom. The lowest BCUT2D eigenvalue weighted by Crippen LogP contribution is -2.38. The molecule has 31 nitrogen and oxygen atoms in total. The van der Waals surface area contributed by atoms with Crippen LogP contribution in [-0.2, 0) is 88.6 Å². The van der Waals surface area contributed by atoms with E-state index in [4.69, 9.17) is 57.8 Å². The highest BCUT2D eigenvalue weighted by molar-refractivity contribution is 5.93. The number of imidazole rings is 3. The fourth-order valence-electron chi connectivity index (χ4n) is 14.7. The molecular weight excluding hydrogens is 1540 g/mol. The number of nitrogens with zero attached hydrogens (tertiary/aromatic N) is 15. The van der Waals surface area contributed by atoms with Crippen LogP contribution in [-0.4, -0.2) is 144 Å². The van der Waals surface area contributed by atoms with Crippen molar-refractivity contribution in [2.75, 3.05) is 57.0 Å². The first-order valence-electron chi connectivity index (χ1n) is 42.8. The van der Waals surface area contributed by atoms with Crippen molar-refractivity contribution in [1.29, 1.82) is 0 Å². The highest BCUT2D eigenvalue weighted by Gasteiger charge is 2.33. The Kier molecular flexibility index (Phi) is 31.6. The molecule has 3 saturated carbocycles. The number of rotatable bonds is 30. The molecule has 3 aliphatic rings. The number of fused-ring (bicyclic) bond motifs is 3. The second kappa shape index (κ2) is 42.4. The molecule has 0 saturated heterocycles. The predicted octanol–water partition coefficient (Wildman–Crippen LogP) is 18.3. The molecular formula is C90H120N18O13. The maximum Gasteiger partial charge on any atom is 0.417 e. The van der Waals surface area contributed by atoms with Crippen molar-refractivity contribution >= 4 is 105 Å². The Morgan fingerprint density at radius 3 is 1.21 bits per heavy atom. The summed E-state index contributed by atoms with van der Waals surface area (Å²) < 4.78 is 43.0. The topological polar surface area (TPSA) is 348 Å². The fraction of sp³-hybridized carbons (Fsp3) is 0.522. The third-order valence-corrected chi connectivity index (χ3v) is 20.5. The Morgan fingerprint density at radius 1 is 0.430 bits per heavy atom. The first kappa shape index (κ1) is 90.0. The van der Waals surface area contributed by atoms with E-state index in [-0.39, 0.29) is 75.8 Å². The van der Waals surface area contributed by atoms with Crippen LogP contribution in [0.5, 0.6) is 0 Å². The monoisotopic (exact) mass is 1660 g/mol. The van der Waals surface area contributed by atoms with Crippen molar-refractivity contribution < 1.29 is 61.6 Å². The van der Waals surface area contributed by atoms with Gasteiger partial charge in [0.25, 0.3) is 0 Å². The van der Waals surface area contributed by atoms with E-state index in [0.717, 1.165) is 61.6 Å². The summed E-state index contributed by atoms with van der Waals surface area (Å²) in [5.41, 5.74) is 6.19. The van der Waals surface area contributed by atoms with Gasteiger partial charge in [0.05, 0.1) is 64.7 Å². The largest absolute Gasteiger partial charge is 0.467 e. The number of nitrogens with one attached hydrogen (secondary N) is 3. The van der Waals surface area contributed by atoms with Gasteiger partial charge in [-0.15, -0.1) is 0 Å². The molecule has 121 heavy (non-hydrogen) atoms. The van der Waals surface area contributed by atoms with Crippen molar-refractivity contribution in [3.05, 3.63) is 150 Å². The number of furan rings is 1. The molecule has 0 radical (unpaired) electrons. The van der Waals surface area contributed by atoms with Gasteiger partial charge in [-0.1, -0.05) is 150 Å². The normalized spacial score (nSPS) is 14.1. The van der Waals surface area contributed by atoms with Crippen molar-refractivity contribution in [2.24, 2.45) is 0 Å². The maximum absolute atomic E-state index is 13.7. The van der Waals surface area contributed by atoms with Crippen molar-refractivity contribution in [1.82, 2.24) is 58.6 Å². The molecule has 0 atom stereocenters. The van der Waals surface area contributed by atoms with Gasteiger partial charge in [0.1, 0.15) is 42.2 Å². The van der Waals surface area contributed by atoms with Crippen LogP contribution in [0.3, 0.4) is 0 Å². The van der Waals surface area contributed by atoms with Gasteiger partial charge in [0.2, 0.25) is 17.8 Å². The van der Waals surface area contributed by atoms with Crippen LogP contribution in [0.15, 0.2) is 121 Å². The van der Waals surface area contributed by atoms with Gasteiger partial charge in [0.15, 0.2) is 50.9 Å². The minimum absolute atomic E-state index is 0.0219. The third kappa shape index (κ3) is 26.1. The summed E-state index contributed by atoms with van der Waals surface area (Å²) in [7, 11) is 0. The molecule has 7 aromatic heterocycles. The minimum atomic E-state index is -0.740. The number of hydrogen-bond acceptors (Lipinski definition) is 25. The first-order chi connectivity index (χ1) is 58.1. The lowest BCUT2D eigenvalue weighted by Gasteiger charge is -2.27. The highest BCUT2D eigenvalue weighted by Crippen LogP contribution is 2.37. The number of esters is 3. The average Bonchev–Trinajstić information content (AvgIpc) is 1.67. The molecule has 3 fully saturated rings. The van der Waals surface area contributed by atoms with Crippen LogP contribution < -0.4 is 30.7 Å². The van der Waals surface area contributed by atoms with Gasteiger partial charge < -0.3 is 62.5 Å². The van der Waals surface area contributed by atoms with Crippen LogP contribution in [0.25, 0.3) is 33.5 Å². The van der Waals surface area contributed by atoms with Gasteiger partial charge in [-0.2, -0.15) is 29.9 Å². The van der Waals surface area contributed by atoms with Crippen LogP contribution in [0.4, 0.5) is 49.7 Å². The third-order valence-electron chi connectivity index (χ3n) is 20.5. The zero-order chi connectivity index (χ0) is 86.2. The average molecular weight is 1660 g/mol. The molecule has 31 heteroatoms. The zero-order valence-electron chi connectivity index (χ0n) is 72.5. The number of amides is 3. The SMILES string of the molecule is CCCCCN(C(=O)OC(C)(C)C)c1nc(NC2CCCC2)c2ncn(CC(=O)OCC)c2n1.CCOC(=O)Cn1cnc2c(NCc3ccccc3)nc(N(Cc3ccc(C4CCCCC4)cc3)C(=O)OC(C)(C)C)nc21.CCOC(=O)Cn1cnc2c(NCc3ccco3)nc(N(Cc3ccc(C4CCCCC4)cc3)C(=O)OC(C)(C)C)nc21. The van der Waals surface area contributed by atoms with Crippen molar-refractivity contribution in [2.45, 2.75) is 280 Å². The van der Waals surface area contributed by atoms with E-state index < -0.39 is 47.0 Å². The van der Waals surface area contributed by atoms with Gasteiger partial charge in [-0.25, -0.2) is 44.0 Å². The van der Waals surface area contributed by atoms with Crippen LogP contribution in [0.2, 0.25) is 0 Å². The maximum atomic E-state index is 13.7. The molecule has 648 valence electrons. The Bertz CT molecular complexity index is 5030. The molecule has 10 aromatic rings. The van der Waals surface area contributed by atoms with Crippen molar-refractivity contribution in [3.8, 4) is 0 Å². The molecule has 3 aliphatic carbocycles. The van der Waals surface area contributed by atoms with Gasteiger partial charge >= 0.3 is 36.2 Å². The standard InChI is InChI=1S/C34H42N6O4.C32H40N6O5.C24H38N6O4/c1-5-43-28(41)22-39-23-36-29-30(35-20-24-12-8-6-9-13-24)37-32(38-31(29)39)40(33(42)44-34(2,3)4)21-25-16-18-27(19-17-25)26-14-10-7-11-15-26;1-5-41-26(39)20-37-21-34-27-28(33-18-25-12-9-17-42-25)35-30(36-29(27)37)38(31(40)43-32(2,3)4)19-22-13-15-24(16-14-22)23-10-7-6-8-11-23;1-6-8-11-14-30(23(32)34-24(3,4)5)22-27-20(26-17-12-9-10-13-17)19-21(28-22)29(16-25-19)15-18(31)33-7-2/h6,8-9,12-13,16-19,23,26H,5,7,10-11,14-15,20-22H2,1-4H3,(H,35,37,38);9,12-17,21,23H,5-8,10-11,18-20H2,1-4H3,(H,33,35,36);16-17H,6-15H2,1-5H3,(H,26,27,28). The van der Waals surface area contributed by atoms with E-state index in [2.05, 4.69) is 91.3 Å². The first-order valence-corrected chi connectivity index (χ1v) is 42.8. The number of unbranched alkanes of at least 4 members (excludes halogenated alkanes) is 2. The number of carbonyl (C=O) groups excluding carboxylic acids is 6. The van der Waals surface area contributed by atoms with Crippen LogP contribution in [0.1, 0.15) is 245 Å². The Labute approximate surface area is 708 Å². The second-order valence-corrected chi connectivity index (χ2v) is 33.7. The van der Waals surface area contributed by atoms with Gasteiger partial charge in [-0.3, -0.25) is 14.4 Å². The Balaban J connectivity index is 0.000000179. The number of anilines is 6. The summed E-state index contributed by atoms with van der Waals surface area (Å²) in [5.74, 6) is 2.55.